The molecule has 0 bridgehead atoms. The molecule has 0 unspecified atom stereocenters. The third-order valence-electron chi connectivity index (χ3n) is 5.51. The Morgan fingerprint density at radius 1 is 1.08 bits per heavy atom. The third kappa shape index (κ3) is 2.69. The Bertz CT molecular complexity index is 859. The molecule has 2 saturated heterocycles. The number of benzene rings is 2. The maximum Gasteiger partial charge on any atom is 0.243 e. The van der Waals surface area contributed by atoms with Crippen LogP contribution in [0, 0.1) is 6.92 Å². The zero-order valence-electron chi connectivity index (χ0n) is 14.3. The van der Waals surface area contributed by atoms with Crippen LogP contribution in [0.25, 0.3) is 0 Å². The van der Waals surface area contributed by atoms with E-state index in [0.717, 1.165) is 18.7 Å². The minimum atomic E-state index is -3.43. The smallest absolute Gasteiger partial charge is 0.243 e. The molecule has 1 atom stereocenters. The molecule has 5 nitrogen and oxygen atoms in total. The molecule has 2 N–H and O–H groups in total. The summed E-state index contributed by atoms with van der Waals surface area (Å²) in [5, 5.41) is 0. The fraction of sp³-hybridized carbons (Fsp3) is 0.368. The standard InChI is InChI=1S/C19H23N3O2S/c1-15-7-9-17(10-8-15)25(23,24)22-13-19(14-22)18(20)12-21(19)11-16-5-3-2-4-6-16/h2-10,18H,11-14,20H2,1H3/t18-/m0/s1. The van der Waals surface area contributed by atoms with Gasteiger partial charge in [-0.15, -0.1) is 0 Å². The van der Waals surface area contributed by atoms with Crippen LogP contribution in [0.3, 0.4) is 0 Å². The largest absolute Gasteiger partial charge is 0.325 e. The summed E-state index contributed by atoms with van der Waals surface area (Å²) in [5.41, 5.74) is 8.33. The summed E-state index contributed by atoms with van der Waals surface area (Å²) in [6.07, 6.45) is 0. The topological polar surface area (TPSA) is 66.6 Å². The van der Waals surface area contributed by atoms with Crippen LogP contribution < -0.4 is 5.73 Å². The Hall–Kier alpha value is -1.73. The molecule has 6 heteroatoms. The number of aryl methyl sites for hydroxylation is 1. The number of nitrogens with two attached hydrogens (primary N) is 1. The lowest BCUT2D eigenvalue weighted by atomic mass is 9.74. The van der Waals surface area contributed by atoms with Crippen molar-refractivity contribution in [3.8, 4) is 0 Å². The molecule has 25 heavy (non-hydrogen) atoms. The van der Waals surface area contributed by atoms with Crippen molar-refractivity contribution in [2.75, 3.05) is 19.6 Å². The van der Waals surface area contributed by atoms with Gasteiger partial charge >= 0.3 is 0 Å². The summed E-state index contributed by atoms with van der Waals surface area (Å²) in [6, 6.07) is 17.3. The summed E-state index contributed by atoms with van der Waals surface area (Å²) in [5.74, 6) is 0. The average Bonchev–Trinajstić information content (AvgIpc) is 2.54. The van der Waals surface area contributed by atoms with Crippen LogP contribution in [-0.4, -0.2) is 48.8 Å². The molecule has 2 aromatic rings. The van der Waals surface area contributed by atoms with Crippen molar-refractivity contribution >= 4 is 10.0 Å². The first kappa shape index (κ1) is 16.7. The van der Waals surface area contributed by atoms with E-state index in [1.54, 1.807) is 16.4 Å². The van der Waals surface area contributed by atoms with Crippen LogP contribution in [0.5, 0.6) is 0 Å². The molecule has 132 valence electrons. The fourth-order valence-corrected chi connectivity index (χ4v) is 5.33. The normalized spacial score (nSPS) is 23.2. The van der Waals surface area contributed by atoms with Gasteiger partial charge in [0, 0.05) is 32.2 Å². The van der Waals surface area contributed by atoms with E-state index in [4.69, 9.17) is 5.73 Å². The molecule has 2 aromatic carbocycles. The predicted molar refractivity (Wildman–Crippen MR) is 97.5 cm³/mol. The van der Waals surface area contributed by atoms with E-state index >= 15 is 0 Å². The molecular weight excluding hydrogens is 334 g/mol. The van der Waals surface area contributed by atoms with Crippen molar-refractivity contribution < 1.29 is 8.42 Å². The van der Waals surface area contributed by atoms with Crippen LogP contribution in [-0.2, 0) is 16.6 Å². The van der Waals surface area contributed by atoms with Gasteiger partial charge in [-0.2, -0.15) is 4.31 Å². The van der Waals surface area contributed by atoms with Gasteiger partial charge < -0.3 is 5.73 Å². The molecule has 1 spiro atoms. The van der Waals surface area contributed by atoms with Crippen molar-refractivity contribution in [3.63, 3.8) is 0 Å². The lowest BCUT2D eigenvalue weighted by Gasteiger charge is -2.65. The zero-order chi connectivity index (χ0) is 17.7. The number of nitrogens with zero attached hydrogens (tertiary/aromatic N) is 2. The Labute approximate surface area is 149 Å². The number of rotatable bonds is 4. The van der Waals surface area contributed by atoms with Crippen molar-refractivity contribution in [1.82, 2.24) is 9.21 Å². The molecular formula is C19H23N3O2S. The first-order valence-corrected chi connectivity index (χ1v) is 9.97. The second kappa shape index (κ2) is 5.92. The van der Waals surface area contributed by atoms with Crippen LogP contribution in [0.2, 0.25) is 0 Å². The lowest BCUT2D eigenvalue weighted by molar-refractivity contribution is -0.115. The van der Waals surface area contributed by atoms with E-state index in [0.29, 0.717) is 18.0 Å². The van der Waals surface area contributed by atoms with Gasteiger partial charge in [-0.3, -0.25) is 4.90 Å². The quantitative estimate of drug-likeness (QED) is 0.902. The average molecular weight is 357 g/mol. The maximum atomic E-state index is 12.8. The van der Waals surface area contributed by atoms with Crippen molar-refractivity contribution in [2.45, 2.75) is 29.9 Å². The maximum absolute atomic E-state index is 12.8. The minimum Gasteiger partial charge on any atom is -0.325 e. The number of hydrogen-bond acceptors (Lipinski definition) is 4. The highest BCUT2D eigenvalue weighted by atomic mass is 32.2. The molecule has 2 aliphatic rings. The van der Waals surface area contributed by atoms with Gasteiger partial charge in [-0.1, -0.05) is 48.0 Å². The van der Waals surface area contributed by atoms with Gasteiger partial charge in [0.2, 0.25) is 10.0 Å². The number of hydrogen-bond donors (Lipinski definition) is 1. The Kier molecular flexibility index (Phi) is 3.96. The molecule has 2 aliphatic heterocycles. The second-order valence-corrected chi connectivity index (χ2v) is 9.10. The van der Waals surface area contributed by atoms with Gasteiger partial charge in [0.25, 0.3) is 0 Å². The number of sulfonamides is 1. The summed E-state index contributed by atoms with van der Waals surface area (Å²) >= 11 is 0. The lowest BCUT2D eigenvalue weighted by Crippen LogP contribution is -2.86. The second-order valence-electron chi connectivity index (χ2n) is 7.16. The summed E-state index contributed by atoms with van der Waals surface area (Å²) in [6.45, 7) is 4.51. The minimum absolute atomic E-state index is 0.0284. The van der Waals surface area contributed by atoms with Gasteiger partial charge in [-0.05, 0) is 24.6 Å². The van der Waals surface area contributed by atoms with E-state index in [2.05, 4.69) is 17.0 Å². The highest BCUT2D eigenvalue weighted by Gasteiger charge is 2.61. The van der Waals surface area contributed by atoms with Crippen molar-refractivity contribution in [2.24, 2.45) is 5.73 Å². The molecule has 0 aromatic heterocycles. The highest BCUT2D eigenvalue weighted by molar-refractivity contribution is 7.89. The Morgan fingerprint density at radius 2 is 1.72 bits per heavy atom. The predicted octanol–water partition coefficient (Wildman–Crippen LogP) is 1.58. The van der Waals surface area contributed by atoms with Crippen LogP contribution in [0.4, 0.5) is 0 Å². The summed E-state index contributed by atoms with van der Waals surface area (Å²) < 4.78 is 27.1. The van der Waals surface area contributed by atoms with E-state index < -0.39 is 10.0 Å². The Balaban J connectivity index is 1.48. The highest BCUT2D eigenvalue weighted by Crippen LogP contribution is 2.41. The van der Waals surface area contributed by atoms with E-state index in [-0.39, 0.29) is 11.6 Å². The van der Waals surface area contributed by atoms with Crippen molar-refractivity contribution in [3.05, 3.63) is 65.7 Å². The SMILES string of the molecule is Cc1ccc(S(=O)(=O)N2CC3(C2)[C@@H](N)CN3Cc2ccccc2)cc1. The van der Waals surface area contributed by atoms with Crippen LogP contribution >= 0.6 is 0 Å². The first-order valence-electron chi connectivity index (χ1n) is 8.53. The van der Waals surface area contributed by atoms with Gasteiger partial charge in [0.05, 0.1) is 10.4 Å². The fourth-order valence-electron chi connectivity index (χ4n) is 3.77. The first-order chi connectivity index (χ1) is 11.9. The Morgan fingerprint density at radius 3 is 2.32 bits per heavy atom. The van der Waals surface area contributed by atoms with Gasteiger partial charge in [-0.25, -0.2) is 8.42 Å². The van der Waals surface area contributed by atoms with E-state index in [1.807, 2.05) is 37.3 Å². The molecule has 4 rings (SSSR count). The monoisotopic (exact) mass is 357 g/mol. The summed E-state index contributed by atoms with van der Waals surface area (Å²) in [7, 11) is -3.43. The van der Waals surface area contributed by atoms with Crippen molar-refractivity contribution in [1.29, 1.82) is 0 Å². The third-order valence-corrected chi connectivity index (χ3v) is 7.32. The van der Waals surface area contributed by atoms with Crippen LogP contribution in [0.1, 0.15) is 11.1 Å². The molecule has 2 fully saturated rings. The molecule has 0 amide bonds. The molecule has 0 aliphatic carbocycles. The van der Waals surface area contributed by atoms with E-state index in [9.17, 15) is 8.42 Å². The van der Waals surface area contributed by atoms with Gasteiger partial charge in [0.15, 0.2) is 0 Å². The summed E-state index contributed by atoms with van der Waals surface area (Å²) in [4.78, 5) is 2.67. The molecule has 0 saturated carbocycles. The van der Waals surface area contributed by atoms with Gasteiger partial charge in [0.1, 0.15) is 0 Å². The molecule has 0 radical (unpaired) electrons. The zero-order valence-corrected chi connectivity index (χ0v) is 15.1. The van der Waals surface area contributed by atoms with E-state index in [1.165, 1.54) is 5.56 Å². The van der Waals surface area contributed by atoms with Crippen LogP contribution in [0.15, 0.2) is 59.5 Å². The number of likely N-dealkylation sites (tertiary alicyclic amines) is 1. The molecule has 2 heterocycles.